The van der Waals surface area contributed by atoms with Crippen LogP contribution in [0.4, 0.5) is 13.9 Å². The predicted molar refractivity (Wildman–Crippen MR) is 117 cm³/mol. The zero-order chi connectivity index (χ0) is 21.4. The number of methoxy groups -OCH3 is 1. The standard InChI is InChI=1S/C21H19ClF2N4OS/c1-11(2)14-8-18-16(9-25-14)27-21(30-18)28-5-4-12(6-19(28)22)13-7-15(20(23)24)26-10-17(13)29-3/h4,6-11,20H,5H2,1-3H3. The Bertz CT molecular complexity index is 1160. The molecule has 4 rings (SSSR count). The summed E-state index contributed by atoms with van der Waals surface area (Å²) in [6, 6.07) is 3.39. The largest absolute Gasteiger partial charge is 0.494 e. The summed E-state index contributed by atoms with van der Waals surface area (Å²) >= 11 is 8.10. The van der Waals surface area contributed by atoms with Crippen LogP contribution in [0.2, 0.25) is 0 Å². The Kier molecular flexibility index (Phi) is 5.71. The van der Waals surface area contributed by atoms with Gasteiger partial charge in [0.2, 0.25) is 0 Å². The Morgan fingerprint density at radius 2 is 1.93 bits per heavy atom. The van der Waals surface area contributed by atoms with Crippen molar-refractivity contribution in [1.29, 1.82) is 0 Å². The predicted octanol–water partition coefficient (Wildman–Crippen LogP) is 6.14. The van der Waals surface area contributed by atoms with Crippen molar-refractivity contribution >= 4 is 43.9 Å². The van der Waals surface area contributed by atoms with Crippen LogP contribution < -0.4 is 9.64 Å². The fourth-order valence-electron chi connectivity index (χ4n) is 3.13. The van der Waals surface area contributed by atoms with Gasteiger partial charge in [-0.15, -0.1) is 0 Å². The number of nitrogens with zero attached hydrogens (tertiary/aromatic N) is 4. The van der Waals surface area contributed by atoms with Crippen LogP contribution in [0.15, 0.2) is 41.8 Å². The molecule has 156 valence electrons. The van der Waals surface area contributed by atoms with E-state index in [4.69, 9.17) is 16.3 Å². The number of allylic oxidation sites excluding steroid dienone is 2. The number of rotatable bonds is 5. The normalized spacial score (nSPS) is 14.5. The van der Waals surface area contributed by atoms with Gasteiger partial charge in [-0.3, -0.25) is 9.97 Å². The Hall–Kier alpha value is -2.58. The average molecular weight is 449 g/mol. The summed E-state index contributed by atoms with van der Waals surface area (Å²) in [5.41, 5.74) is 2.74. The molecule has 5 nitrogen and oxygen atoms in total. The maximum atomic E-state index is 13.1. The second kappa shape index (κ2) is 8.28. The Morgan fingerprint density at radius 1 is 1.17 bits per heavy atom. The summed E-state index contributed by atoms with van der Waals surface area (Å²) in [4.78, 5) is 14.7. The van der Waals surface area contributed by atoms with Crippen LogP contribution in [0, 0.1) is 0 Å². The number of pyridine rings is 2. The number of halogens is 3. The molecule has 0 N–H and O–H groups in total. The summed E-state index contributed by atoms with van der Waals surface area (Å²) < 4.78 is 32.6. The number of fused-ring (bicyclic) bond motifs is 1. The molecule has 0 aromatic carbocycles. The molecular weight excluding hydrogens is 430 g/mol. The summed E-state index contributed by atoms with van der Waals surface area (Å²) in [6.07, 6.45) is 4.05. The molecule has 1 aliphatic rings. The van der Waals surface area contributed by atoms with Gasteiger partial charge in [0.05, 0.1) is 24.2 Å². The van der Waals surface area contributed by atoms with Gasteiger partial charge in [-0.25, -0.2) is 13.8 Å². The average Bonchev–Trinajstić information content (AvgIpc) is 3.16. The first-order valence-electron chi connectivity index (χ1n) is 9.31. The molecule has 1 aliphatic heterocycles. The monoisotopic (exact) mass is 448 g/mol. The minimum Gasteiger partial charge on any atom is -0.494 e. The SMILES string of the molecule is COc1cnc(C(F)F)cc1C1=CCN(c2nc3cnc(C(C)C)cc3s2)C(Cl)=C1. The minimum atomic E-state index is -2.66. The van der Waals surface area contributed by atoms with E-state index < -0.39 is 6.43 Å². The molecule has 0 amide bonds. The van der Waals surface area contributed by atoms with Gasteiger partial charge in [0.25, 0.3) is 6.43 Å². The molecule has 0 spiro atoms. The number of hydrogen-bond donors (Lipinski definition) is 0. The number of alkyl halides is 2. The number of aromatic nitrogens is 3. The Labute approximate surface area is 181 Å². The summed E-state index contributed by atoms with van der Waals surface area (Å²) in [6.45, 7) is 4.64. The van der Waals surface area contributed by atoms with E-state index in [1.54, 1.807) is 12.3 Å². The van der Waals surface area contributed by atoms with Gasteiger partial charge in [-0.1, -0.05) is 42.9 Å². The van der Waals surface area contributed by atoms with Gasteiger partial charge in [-0.2, -0.15) is 0 Å². The molecule has 3 aromatic rings. The smallest absolute Gasteiger partial charge is 0.280 e. The highest BCUT2D eigenvalue weighted by atomic mass is 35.5. The summed E-state index contributed by atoms with van der Waals surface area (Å²) in [7, 11) is 1.48. The van der Waals surface area contributed by atoms with Crippen LogP contribution in [-0.2, 0) is 0 Å². The summed E-state index contributed by atoms with van der Waals surface area (Å²) in [5.74, 6) is 0.740. The second-order valence-corrected chi connectivity index (χ2v) is 8.47. The highest BCUT2D eigenvalue weighted by molar-refractivity contribution is 7.22. The molecule has 0 aliphatic carbocycles. The molecule has 30 heavy (non-hydrogen) atoms. The van der Waals surface area contributed by atoms with Gasteiger partial charge < -0.3 is 9.64 Å². The lowest BCUT2D eigenvalue weighted by atomic mass is 10.0. The molecule has 4 heterocycles. The fraction of sp³-hybridized carbons (Fsp3) is 0.286. The summed E-state index contributed by atoms with van der Waals surface area (Å²) in [5, 5.41) is 1.19. The van der Waals surface area contributed by atoms with E-state index in [0.717, 1.165) is 21.0 Å². The third-order valence-corrected chi connectivity index (χ3v) is 6.13. The van der Waals surface area contributed by atoms with Crippen LogP contribution in [-0.4, -0.2) is 28.6 Å². The van der Waals surface area contributed by atoms with E-state index in [9.17, 15) is 8.78 Å². The third kappa shape index (κ3) is 3.89. The lowest BCUT2D eigenvalue weighted by molar-refractivity contribution is 0.146. The number of hydrogen-bond acceptors (Lipinski definition) is 6. The second-order valence-electron chi connectivity index (χ2n) is 7.08. The van der Waals surface area contributed by atoms with E-state index in [2.05, 4.69) is 34.9 Å². The first-order chi connectivity index (χ1) is 14.4. The molecule has 0 unspecified atom stereocenters. The van der Waals surface area contributed by atoms with Gasteiger partial charge in [0, 0.05) is 17.8 Å². The van der Waals surface area contributed by atoms with Crippen LogP contribution in [0.1, 0.15) is 43.1 Å². The molecule has 0 fully saturated rings. The molecule has 0 radical (unpaired) electrons. The van der Waals surface area contributed by atoms with Crippen molar-refractivity contribution in [3.05, 3.63) is 58.8 Å². The lowest BCUT2D eigenvalue weighted by Crippen LogP contribution is -2.22. The van der Waals surface area contributed by atoms with E-state index >= 15 is 0 Å². The molecule has 3 aromatic heterocycles. The Morgan fingerprint density at radius 3 is 2.60 bits per heavy atom. The van der Waals surface area contributed by atoms with Crippen molar-refractivity contribution < 1.29 is 13.5 Å². The van der Waals surface area contributed by atoms with E-state index in [0.29, 0.717) is 34.5 Å². The maximum absolute atomic E-state index is 13.1. The minimum absolute atomic E-state index is 0.307. The number of thiazole rings is 1. The van der Waals surface area contributed by atoms with Crippen molar-refractivity contribution in [3.63, 3.8) is 0 Å². The number of ether oxygens (including phenoxy) is 1. The molecule has 9 heteroatoms. The van der Waals surface area contributed by atoms with Crippen LogP contribution in [0.25, 0.3) is 15.8 Å². The highest BCUT2D eigenvalue weighted by Crippen LogP contribution is 2.37. The van der Waals surface area contributed by atoms with Crippen LogP contribution in [0.3, 0.4) is 0 Å². The van der Waals surface area contributed by atoms with Crippen molar-refractivity contribution in [1.82, 2.24) is 15.0 Å². The molecule has 0 saturated heterocycles. The zero-order valence-electron chi connectivity index (χ0n) is 16.6. The lowest BCUT2D eigenvalue weighted by Gasteiger charge is -2.24. The molecular formula is C21H19ClF2N4OS. The van der Waals surface area contributed by atoms with Crippen LogP contribution >= 0.6 is 22.9 Å². The Balaban J connectivity index is 1.65. The zero-order valence-corrected chi connectivity index (χ0v) is 18.1. The van der Waals surface area contributed by atoms with Crippen molar-refractivity contribution in [2.75, 3.05) is 18.6 Å². The quantitative estimate of drug-likeness (QED) is 0.439. The van der Waals surface area contributed by atoms with Crippen molar-refractivity contribution in [2.45, 2.75) is 26.2 Å². The van der Waals surface area contributed by atoms with Crippen molar-refractivity contribution in [3.8, 4) is 5.75 Å². The maximum Gasteiger partial charge on any atom is 0.280 e. The molecule has 0 atom stereocenters. The van der Waals surface area contributed by atoms with E-state index in [-0.39, 0.29) is 5.69 Å². The van der Waals surface area contributed by atoms with Gasteiger partial charge >= 0.3 is 0 Å². The van der Waals surface area contributed by atoms with Crippen molar-refractivity contribution in [2.24, 2.45) is 0 Å². The van der Waals surface area contributed by atoms with Gasteiger partial charge in [0.15, 0.2) is 5.13 Å². The highest BCUT2D eigenvalue weighted by Gasteiger charge is 2.22. The van der Waals surface area contributed by atoms with Gasteiger partial charge in [0.1, 0.15) is 22.1 Å². The van der Waals surface area contributed by atoms with Gasteiger partial charge in [-0.05, 0) is 29.7 Å². The molecule has 0 saturated carbocycles. The molecule has 0 bridgehead atoms. The van der Waals surface area contributed by atoms with Crippen LogP contribution in [0.5, 0.6) is 5.75 Å². The van der Waals surface area contributed by atoms with E-state index in [1.165, 1.54) is 30.7 Å². The third-order valence-electron chi connectivity index (χ3n) is 4.78. The topological polar surface area (TPSA) is 51.1 Å². The van der Waals surface area contributed by atoms with E-state index in [1.807, 2.05) is 11.0 Å². The first kappa shape index (κ1) is 20.7. The number of anilines is 1. The first-order valence-corrected chi connectivity index (χ1v) is 10.5. The fourth-order valence-corrected chi connectivity index (χ4v) is 4.45.